The molecular formula is C25H28N4O4S. The van der Waals surface area contributed by atoms with E-state index in [-0.39, 0.29) is 44.2 Å². The molecule has 34 heavy (non-hydrogen) atoms. The minimum absolute atomic E-state index is 0.118. The molecule has 0 radical (unpaired) electrons. The van der Waals surface area contributed by atoms with Gasteiger partial charge in [-0.3, -0.25) is 14.2 Å². The van der Waals surface area contributed by atoms with E-state index >= 15 is 0 Å². The van der Waals surface area contributed by atoms with Gasteiger partial charge < -0.3 is 4.90 Å². The Morgan fingerprint density at radius 2 is 1.71 bits per heavy atom. The summed E-state index contributed by atoms with van der Waals surface area (Å²) in [5.74, 6) is -0.221. The molecule has 5 rings (SSSR count). The molecule has 1 fully saturated rings. The van der Waals surface area contributed by atoms with E-state index in [0.29, 0.717) is 15.8 Å². The number of carbonyl (C=O) groups excluding carboxylic acids is 1. The minimum Gasteiger partial charge on any atom is -0.338 e. The van der Waals surface area contributed by atoms with Crippen molar-refractivity contribution in [1.29, 1.82) is 0 Å². The number of amides is 1. The van der Waals surface area contributed by atoms with Crippen LogP contribution in [0.25, 0.3) is 10.9 Å². The molecule has 1 aliphatic carbocycles. The summed E-state index contributed by atoms with van der Waals surface area (Å²) < 4.78 is 29.2. The average Bonchev–Trinajstić information content (AvgIpc) is 2.85. The van der Waals surface area contributed by atoms with Gasteiger partial charge in [-0.1, -0.05) is 17.7 Å². The predicted octanol–water partition coefficient (Wildman–Crippen LogP) is 2.12. The first-order valence-electron chi connectivity index (χ1n) is 11.7. The number of hydrogen-bond donors (Lipinski definition) is 0. The van der Waals surface area contributed by atoms with E-state index in [0.717, 1.165) is 36.8 Å². The van der Waals surface area contributed by atoms with Gasteiger partial charge in [0.25, 0.3) is 5.56 Å². The molecule has 1 aromatic heterocycles. The maximum Gasteiger partial charge on any atom is 0.261 e. The van der Waals surface area contributed by atoms with E-state index in [4.69, 9.17) is 0 Å². The van der Waals surface area contributed by atoms with Gasteiger partial charge in [-0.2, -0.15) is 4.31 Å². The summed E-state index contributed by atoms with van der Waals surface area (Å²) in [7, 11) is -3.61. The molecule has 2 aliphatic rings. The van der Waals surface area contributed by atoms with Crippen molar-refractivity contribution in [3.8, 4) is 0 Å². The van der Waals surface area contributed by atoms with E-state index in [9.17, 15) is 18.0 Å². The number of rotatable bonds is 4. The summed E-state index contributed by atoms with van der Waals surface area (Å²) in [6.45, 7) is 2.83. The summed E-state index contributed by atoms with van der Waals surface area (Å²) in [6.07, 6.45) is 5.56. The van der Waals surface area contributed by atoms with Crippen LogP contribution in [0.1, 0.15) is 29.5 Å². The summed E-state index contributed by atoms with van der Waals surface area (Å²) in [6, 6.07) is 10.9. The molecule has 0 N–H and O–H groups in total. The number of hydrogen-bond acceptors (Lipinski definition) is 5. The Kier molecular flexibility index (Phi) is 5.99. The highest BCUT2D eigenvalue weighted by Crippen LogP contribution is 2.26. The summed E-state index contributed by atoms with van der Waals surface area (Å²) in [4.78, 5) is 31.9. The number of aromatic nitrogens is 2. The van der Waals surface area contributed by atoms with Crippen LogP contribution in [0.2, 0.25) is 0 Å². The average molecular weight is 481 g/mol. The Morgan fingerprint density at radius 1 is 0.971 bits per heavy atom. The second-order valence-corrected chi connectivity index (χ2v) is 11.1. The lowest BCUT2D eigenvalue weighted by Gasteiger charge is -2.34. The van der Waals surface area contributed by atoms with Crippen LogP contribution in [0, 0.1) is 6.92 Å². The van der Waals surface area contributed by atoms with E-state index in [1.165, 1.54) is 20.8 Å². The quantitative estimate of drug-likeness (QED) is 0.570. The van der Waals surface area contributed by atoms with Crippen LogP contribution in [0.3, 0.4) is 0 Å². The van der Waals surface area contributed by atoms with Crippen molar-refractivity contribution in [2.45, 2.75) is 44.0 Å². The highest BCUT2D eigenvalue weighted by molar-refractivity contribution is 7.89. The van der Waals surface area contributed by atoms with Crippen LogP contribution in [0.5, 0.6) is 0 Å². The van der Waals surface area contributed by atoms with Crippen molar-refractivity contribution in [3.63, 3.8) is 0 Å². The molecule has 1 amide bonds. The van der Waals surface area contributed by atoms with Gasteiger partial charge >= 0.3 is 0 Å². The maximum atomic E-state index is 13.2. The molecule has 8 nitrogen and oxygen atoms in total. The van der Waals surface area contributed by atoms with Crippen LogP contribution < -0.4 is 5.56 Å². The molecule has 2 heterocycles. The van der Waals surface area contributed by atoms with Gasteiger partial charge in [0.15, 0.2) is 0 Å². The molecule has 1 aliphatic heterocycles. The molecule has 0 spiro atoms. The SMILES string of the molecule is Cc1ccc2ncn(CC(=O)N3CCN(S(=O)(=O)c4ccc5c(c4)CCCC5)CC3)c(=O)c2c1. The molecular weight excluding hydrogens is 452 g/mol. The summed E-state index contributed by atoms with van der Waals surface area (Å²) in [5, 5.41) is 0.483. The van der Waals surface area contributed by atoms with Crippen molar-refractivity contribution >= 4 is 26.8 Å². The lowest BCUT2D eigenvalue weighted by atomic mass is 9.92. The number of aryl methyl sites for hydroxylation is 3. The van der Waals surface area contributed by atoms with Crippen molar-refractivity contribution in [2.75, 3.05) is 26.2 Å². The van der Waals surface area contributed by atoms with Gasteiger partial charge in [-0.25, -0.2) is 13.4 Å². The number of carbonyl (C=O) groups is 1. The second kappa shape index (κ2) is 8.96. The number of nitrogens with zero attached hydrogens (tertiary/aromatic N) is 4. The Labute approximate surface area is 198 Å². The molecule has 0 atom stereocenters. The maximum absolute atomic E-state index is 13.2. The largest absolute Gasteiger partial charge is 0.338 e. The standard InChI is InChI=1S/C25H28N4O4S/c1-18-6-9-23-22(14-18)25(31)28(17-26-23)16-24(30)27-10-12-29(13-11-27)34(32,33)21-8-7-19-4-2-3-5-20(19)15-21/h6-9,14-15,17H,2-5,10-13,16H2,1H3. The van der Waals surface area contributed by atoms with Crippen LogP contribution >= 0.6 is 0 Å². The fraction of sp³-hybridized carbons (Fsp3) is 0.400. The number of sulfonamides is 1. The summed E-state index contributed by atoms with van der Waals surface area (Å²) in [5.41, 5.74) is 3.67. The molecule has 3 aromatic rings. The predicted molar refractivity (Wildman–Crippen MR) is 129 cm³/mol. The van der Waals surface area contributed by atoms with E-state index in [1.54, 1.807) is 23.1 Å². The van der Waals surface area contributed by atoms with Gasteiger partial charge in [-0.15, -0.1) is 0 Å². The second-order valence-electron chi connectivity index (χ2n) is 9.12. The van der Waals surface area contributed by atoms with E-state index < -0.39 is 10.0 Å². The minimum atomic E-state index is -3.61. The monoisotopic (exact) mass is 480 g/mol. The smallest absolute Gasteiger partial charge is 0.261 e. The Bertz CT molecular complexity index is 1420. The Balaban J connectivity index is 1.26. The highest BCUT2D eigenvalue weighted by atomic mass is 32.2. The fourth-order valence-corrected chi connectivity index (χ4v) is 6.30. The van der Waals surface area contributed by atoms with Crippen LogP contribution in [0.15, 0.2) is 52.4 Å². The van der Waals surface area contributed by atoms with E-state index in [1.807, 2.05) is 25.1 Å². The number of piperazine rings is 1. The molecule has 9 heteroatoms. The lowest BCUT2D eigenvalue weighted by molar-refractivity contribution is -0.133. The third-order valence-electron chi connectivity index (χ3n) is 6.83. The fourth-order valence-electron chi connectivity index (χ4n) is 4.83. The first-order chi connectivity index (χ1) is 16.3. The zero-order valence-electron chi connectivity index (χ0n) is 19.2. The zero-order chi connectivity index (χ0) is 23.9. The van der Waals surface area contributed by atoms with Gasteiger partial charge in [0.1, 0.15) is 6.54 Å². The molecule has 0 bridgehead atoms. The third-order valence-corrected chi connectivity index (χ3v) is 8.73. The Hall–Kier alpha value is -3.04. The van der Waals surface area contributed by atoms with Crippen molar-refractivity contribution in [3.05, 3.63) is 69.8 Å². The van der Waals surface area contributed by atoms with Gasteiger partial charge in [0.2, 0.25) is 15.9 Å². The molecule has 178 valence electrons. The molecule has 1 saturated heterocycles. The van der Waals surface area contributed by atoms with Crippen LogP contribution in [-0.2, 0) is 34.2 Å². The van der Waals surface area contributed by atoms with Gasteiger partial charge in [-0.05, 0) is 68.0 Å². The van der Waals surface area contributed by atoms with Crippen molar-refractivity contribution in [2.24, 2.45) is 0 Å². The third kappa shape index (κ3) is 4.25. The number of benzene rings is 2. The van der Waals surface area contributed by atoms with E-state index in [2.05, 4.69) is 4.98 Å². The summed E-state index contributed by atoms with van der Waals surface area (Å²) >= 11 is 0. The molecule has 2 aromatic carbocycles. The number of fused-ring (bicyclic) bond motifs is 2. The van der Waals surface area contributed by atoms with Gasteiger partial charge in [0.05, 0.1) is 22.1 Å². The normalized spacial score (nSPS) is 17.0. The van der Waals surface area contributed by atoms with Crippen molar-refractivity contribution < 1.29 is 13.2 Å². The van der Waals surface area contributed by atoms with Crippen LogP contribution in [-0.4, -0.2) is 59.3 Å². The topological polar surface area (TPSA) is 92.6 Å². The Morgan fingerprint density at radius 3 is 2.47 bits per heavy atom. The molecule has 0 saturated carbocycles. The first kappa shape index (κ1) is 22.7. The lowest BCUT2D eigenvalue weighted by Crippen LogP contribution is -2.51. The van der Waals surface area contributed by atoms with Crippen LogP contribution in [0.4, 0.5) is 0 Å². The first-order valence-corrected chi connectivity index (χ1v) is 13.1. The van der Waals surface area contributed by atoms with Gasteiger partial charge in [0, 0.05) is 26.2 Å². The molecule has 0 unspecified atom stereocenters. The highest BCUT2D eigenvalue weighted by Gasteiger charge is 2.31. The zero-order valence-corrected chi connectivity index (χ0v) is 20.1. The van der Waals surface area contributed by atoms with Crippen molar-refractivity contribution in [1.82, 2.24) is 18.8 Å².